The molecule has 0 unspecified atom stereocenters. The average molecular weight is 379 g/mol. The predicted octanol–water partition coefficient (Wildman–Crippen LogP) is 4.57. The summed E-state index contributed by atoms with van der Waals surface area (Å²) in [6.07, 6.45) is 0.584. The van der Waals surface area contributed by atoms with Crippen LogP contribution in [-0.2, 0) is 17.8 Å². The van der Waals surface area contributed by atoms with Crippen LogP contribution in [0.3, 0.4) is 0 Å². The molecule has 3 rings (SSSR count). The molecule has 0 radical (unpaired) electrons. The number of aryl methyl sites for hydroxylation is 2. The number of aliphatic carboxylic acids is 1. The number of benzene rings is 2. The summed E-state index contributed by atoms with van der Waals surface area (Å²) in [5, 5.41) is 9.05. The van der Waals surface area contributed by atoms with Gasteiger partial charge in [-0.3, -0.25) is 4.79 Å². The van der Waals surface area contributed by atoms with E-state index in [-0.39, 0.29) is 6.42 Å². The van der Waals surface area contributed by atoms with E-state index in [4.69, 9.17) is 14.6 Å². The zero-order valence-corrected chi connectivity index (χ0v) is 16.2. The van der Waals surface area contributed by atoms with Crippen molar-refractivity contribution < 1.29 is 19.4 Å². The van der Waals surface area contributed by atoms with Crippen molar-refractivity contribution in [2.45, 2.75) is 26.3 Å². The Balaban J connectivity index is 1.79. The van der Waals surface area contributed by atoms with Gasteiger partial charge in [0.1, 0.15) is 18.1 Å². The van der Waals surface area contributed by atoms with E-state index in [0.29, 0.717) is 19.6 Å². The van der Waals surface area contributed by atoms with E-state index in [0.717, 1.165) is 28.5 Å². The molecule has 0 saturated carbocycles. The topological polar surface area (TPSA) is 60.7 Å². The molecule has 3 aromatic rings. The van der Waals surface area contributed by atoms with Crippen LogP contribution >= 0.6 is 0 Å². The van der Waals surface area contributed by atoms with E-state index in [2.05, 4.69) is 4.57 Å². The SMILES string of the molecule is COc1ccc(-c2ccc(CCC(=O)O)n2CCOc2ccc(C)cc2)cc1. The van der Waals surface area contributed by atoms with E-state index in [1.807, 2.05) is 67.6 Å². The first-order chi connectivity index (χ1) is 13.6. The molecule has 0 atom stereocenters. The minimum Gasteiger partial charge on any atom is -0.497 e. The van der Waals surface area contributed by atoms with Gasteiger partial charge in [-0.15, -0.1) is 0 Å². The van der Waals surface area contributed by atoms with Crippen LogP contribution in [0.1, 0.15) is 17.7 Å². The maximum atomic E-state index is 11.0. The van der Waals surface area contributed by atoms with Crippen LogP contribution in [0.15, 0.2) is 60.7 Å². The number of hydrogen-bond acceptors (Lipinski definition) is 3. The number of rotatable bonds is 9. The van der Waals surface area contributed by atoms with Gasteiger partial charge >= 0.3 is 5.97 Å². The minimum atomic E-state index is -0.797. The summed E-state index contributed by atoms with van der Waals surface area (Å²) in [6, 6.07) is 19.8. The van der Waals surface area contributed by atoms with Gasteiger partial charge in [0.05, 0.1) is 20.1 Å². The number of methoxy groups -OCH3 is 1. The number of hydrogen-bond donors (Lipinski definition) is 1. The number of carboxylic acid groups (broad SMARTS) is 1. The largest absolute Gasteiger partial charge is 0.497 e. The lowest BCUT2D eigenvalue weighted by molar-refractivity contribution is -0.136. The first-order valence-corrected chi connectivity index (χ1v) is 9.31. The van der Waals surface area contributed by atoms with Gasteiger partial charge in [0, 0.05) is 11.4 Å². The molecule has 2 aromatic carbocycles. The number of ether oxygens (including phenoxy) is 2. The van der Waals surface area contributed by atoms with Gasteiger partial charge in [-0.05, 0) is 67.4 Å². The molecule has 0 bridgehead atoms. The summed E-state index contributed by atoms with van der Waals surface area (Å²) < 4.78 is 13.3. The summed E-state index contributed by atoms with van der Waals surface area (Å²) in [7, 11) is 1.64. The standard InChI is InChI=1S/C23H25NO4/c1-17-3-9-21(10-4-17)28-16-15-24-19(8-14-23(25)26)7-13-22(24)18-5-11-20(27-2)12-6-18/h3-7,9-13H,8,14-16H2,1-2H3,(H,25,26). The van der Waals surface area contributed by atoms with Crippen LogP contribution in [0.2, 0.25) is 0 Å². The Morgan fingerprint density at radius 1 is 0.964 bits per heavy atom. The zero-order chi connectivity index (χ0) is 19.9. The van der Waals surface area contributed by atoms with Crippen molar-refractivity contribution >= 4 is 5.97 Å². The molecule has 0 amide bonds. The number of aromatic nitrogens is 1. The quantitative estimate of drug-likeness (QED) is 0.592. The van der Waals surface area contributed by atoms with E-state index in [1.165, 1.54) is 5.56 Å². The van der Waals surface area contributed by atoms with E-state index < -0.39 is 5.97 Å². The molecule has 0 spiro atoms. The second-order valence-electron chi connectivity index (χ2n) is 6.65. The molecule has 0 aliphatic heterocycles. The summed E-state index contributed by atoms with van der Waals surface area (Å²) in [6.45, 7) is 3.18. The highest BCUT2D eigenvalue weighted by molar-refractivity contribution is 5.67. The molecule has 1 heterocycles. The summed E-state index contributed by atoms with van der Waals surface area (Å²) in [5.74, 6) is 0.834. The van der Waals surface area contributed by atoms with Crippen molar-refractivity contribution in [1.82, 2.24) is 4.57 Å². The molecule has 0 fully saturated rings. The third kappa shape index (κ3) is 4.94. The van der Waals surface area contributed by atoms with Gasteiger partial charge in [0.15, 0.2) is 0 Å². The highest BCUT2D eigenvalue weighted by Crippen LogP contribution is 2.26. The average Bonchev–Trinajstić information content (AvgIpc) is 3.11. The maximum Gasteiger partial charge on any atom is 0.303 e. The Kier molecular flexibility index (Phi) is 6.37. The van der Waals surface area contributed by atoms with E-state index in [9.17, 15) is 4.79 Å². The van der Waals surface area contributed by atoms with Gasteiger partial charge < -0.3 is 19.1 Å². The van der Waals surface area contributed by atoms with Crippen molar-refractivity contribution in [1.29, 1.82) is 0 Å². The van der Waals surface area contributed by atoms with Gasteiger partial charge in [0.25, 0.3) is 0 Å². The number of carbonyl (C=O) groups is 1. The second-order valence-corrected chi connectivity index (χ2v) is 6.65. The molecule has 1 aromatic heterocycles. The van der Waals surface area contributed by atoms with Crippen molar-refractivity contribution in [3.05, 3.63) is 71.9 Å². The van der Waals surface area contributed by atoms with Crippen LogP contribution < -0.4 is 9.47 Å². The summed E-state index contributed by atoms with van der Waals surface area (Å²) in [5.41, 5.74) is 4.27. The molecule has 5 heteroatoms. The van der Waals surface area contributed by atoms with Crippen LogP contribution in [0, 0.1) is 6.92 Å². The predicted molar refractivity (Wildman–Crippen MR) is 109 cm³/mol. The summed E-state index contributed by atoms with van der Waals surface area (Å²) in [4.78, 5) is 11.0. The van der Waals surface area contributed by atoms with Crippen LogP contribution in [-0.4, -0.2) is 29.4 Å². The normalized spacial score (nSPS) is 10.6. The molecule has 0 saturated heterocycles. The van der Waals surface area contributed by atoms with E-state index in [1.54, 1.807) is 7.11 Å². The third-order valence-corrected chi connectivity index (χ3v) is 4.66. The number of nitrogens with zero attached hydrogens (tertiary/aromatic N) is 1. The van der Waals surface area contributed by atoms with Gasteiger partial charge in [-0.1, -0.05) is 17.7 Å². The molecular weight excluding hydrogens is 354 g/mol. The summed E-state index contributed by atoms with van der Waals surface area (Å²) >= 11 is 0. The van der Waals surface area contributed by atoms with Gasteiger partial charge in [0.2, 0.25) is 0 Å². The van der Waals surface area contributed by atoms with Gasteiger partial charge in [-0.2, -0.15) is 0 Å². The Morgan fingerprint density at radius 3 is 2.29 bits per heavy atom. The van der Waals surface area contributed by atoms with Crippen molar-refractivity contribution in [2.75, 3.05) is 13.7 Å². The molecule has 0 aliphatic rings. The Morgan fingerprint density at radius 2 is 1.64 bits per heavy atom. The fourth-order valence-electron chi connectivity index (χ4n) is 3.13. The lowest BCUT2D eigenvalue weighted by Gasteiger charge is -2.15. The third-order valence-electron chi connectivity index (χ3n) is 4.66. The smallest absolute Gasteiger partial charge is 0.303 e. The zero-order valence-electron chi connectivity index (χ0n) is 16.2. The first-order valence-electron chi connectivity index (χ1n) is 9.31. The van der Waals surface area contributed by atoms with Crippen molar-refractivity contribution in [2.24, 2.45) is 0 Å². The second kappa shape index (κ2) is 9.13. The minimum absolute atomic E-state index is 0.102. The maximum absolute atomic E-state index is 11.0. The van der Waals surface area contributed by atoms with Gasteiger partial charge in [-0.25, -0.2) is 0 Å². The van der Waals surface area contributed by atoms with Crippen LogP contribution in [0.4, 0.5) is 0 Å². The molecule has 146 valence electrons. The molecular formula is C23H25NO4. The van der Waals surface area contributed by atoms with Crippen LogP contribution in [0.5, 0.6) is 11.5 Å². The molecule has 5 nitrogen and oxygen atoms in total. The highest BCUT2D eigenvalue weighted by Gasteiger charge is 2.12. The lowest BCUT2D eigenvalue weighted by Crippen LogP contribution is -2.13. The number of carboxylic acids is 1. The molecule has 0 aliphatic carbocycles. The van der Waals surface area contributed by atoms with E-state index >= 15 is 0 Å². The van der Waals surface area contributed by atoms with Crippen LogP contribution in [0.25, 0.3) is 11.3 Å². The fourth-order valence-corrected chi connectivity index (χ4v) is 3.13. The fraction of sp³-hybridized carbons (Fsp3) is 0.261. The van der Waals surface area contributed by atoms with Crippen molar-refractivity contribution in [3.8, 4) is 22.8 Å². The lowest BCUT2D eigenvalue weighted by atomic mass is 10.1. The monoisotopic (exact) mass is 379 g/mol. The highest BCUT2D eigenvalue weighted by atomic mass is 16.5. The molecule has 28 heavy (non-hydrogen) atoms. The Bertz CT molecular complexity index is 911. The Hall–Kier alpha value is -3.21. The van der Waals surface area contributed by atoms with Crippen molar-refractivity contribution in [3.63, 3.8) is 0 Å². The molecule has 1 N–H and O–H groups in total. The Labute approximate surface area is 165 Å². The first kappa shape index (κ1) is 19.5.